The molecule has 134 valence electrons. The fraction of sp³-hybridized carbons (Fsp3) is 0.238. The number of nitriles is 2. The third kappa shape index (κ3) is 4.13. The van der Waals surface area contributed by atoms with Crippen LogP contribution in [0.25, 0.3) is 11.0 Å². The number of esters is 1. The molecule has 1 heterocycles. The van der Waals surface area contributed by atoms with Gasteiger partial charge in [-0.2, -0.15) is 10.5 Å². The number of nitrogens with zero attached hydrogens (tertiary/aromatic N) is 4. The van der Waals surface area contributed by atoms with Crippen molar-refractivity contribution in [2.24, 2.45) is 5.92 Å². The molecule has 0 saturated heterocycles. The fourth-order valence-corrected chi connectivity index (χ4v) is 2.99. The second kappa shape index (κ2) is 8.16. The van der Waals surface area contributed by atoms with Gasteiger partial charge in [-0.1, -0.05) is 12.1 Å². The van der Waals surface area contributed by atoms with Gasteiger partial charge in [0.05, 0.1) is 53.2 Å². The number of carbonyl (C=O) groups excluding carboxylic acids is 1. The Hall–Kier alpha value is -3.64. The lowest BCUT2D eigenvalue weighted by Crippen LogP contribution is -2.25. The standard InChI is InChI=1S/C21H18N4O2/c1-2-27-21(26)18(9-15-3-5-16(11-22)6-4-15)13-25-14-24-19-8-7-17(12-23)10-20(19)25/h3-8,10,14,18H,2,9,13H2,1H3. The van der Waals surface area contributed by atoms with Crippen molar-refractivity contribution in [3.8, 4) is 12.1 Å². The summed E-state index contributed by atoms with van der Waals surface area (Å²) in [6, 6.07) is 16.7. The number of aromatic nitrogens is 2. The SMILES string of the molecule is CCOC(=O)C(Cc1ccc(C#N)cc1)Cn1cnc2ccc(C#N)cc21. The number of rotatable bonds is 6. The zero-order valence-corrected chi connectivity index (χ0v) is 14.9. The van der Waals surface area contributed by atoms with Crippen molar-refractivity contribution in [2.75, 3.05) is 6.61 Å². The normalized spacial score (nSPS) is 11.5. The molecule has 6 heteroatoms. The minimum Gasteiger partial charge on any atom is -0.466 e. The van der Waals surface area contributed by atoms with Crippen molar-refractivity contribution in [3.63, 3.8) is 0 Å². The molecule has 0 radical (unpaired) electrons. The molecule has 27 heavy (non-hydrogen) atoms. The topological polar surface area (TPSA) is 91.7 Å². The zero-order chi connectivity index (χ0) is 19.2. The van der Waals surface area contributed by atoms with E-state index in [4.69, 9.17) is 15.3 Å². The number of fused-ring (bicyclic) bond motifs is 1. The molecule has 1 unspecified atom stereocenters. The maximum Gasteiger partial charge on any atom is 0.311 e. The molecule has 6 nitrogen and oxygen atoms in total. The summed E-state index contributed by atoms with van der Waals surface area (Å²) in [4.78, 5) is 16.8. The van der Waals surface area contributed by atoms with E-state index in [1.807, 2.05) is 16.7 Å². The Bertz CT molecular complexity index is 1040. The lowest BCUT2D eigenvalue weighted by molar-refractivity contribution is -0.148. The lowest BCUT2D eigenvalue weighted by Gasteiger charge is -2.17. The van der Waals surface area contributed by atoms with Gasteiger partial charge in [-0.3, -0.25) is 4.79 Å². The fourth-order valence-electron chi connectivity index (χ4n) is 2.99. The second-order valence-corrected chi connectivity index (χ2v) is 6.17. The van der Waals surface area contributed by atoms with Gasteiger partial charge in [0, 0.05) is 6.54 Å². The van der Waals surface area contributed by atoms with Crippen LogP contribution in [0.1, 0.15) is 23.6 Å². The summed E-state index contributed by atoms with van der Waals surface area (Å²) in [6.07, 6.45) is 2.17. The first-order valence-corrected chi connectivity index (χ1v) is 8.65. The van der Waals surface area contributed by atoms with Gasteiger partial charge >= 0.3 is 5.97 Å². The molecule has 3 rings (SSSR count). The zero-order valence-electron chi connectivity index (χ0n) is 14.9. The molecule has 3 aromatic rings. The summed E-state index contributed by atoms with van der Waals surface area (Å²) in [6.45, 7) is 2.48. The molecule has 0 fully saturated rings. The average molecular weight is 358 g/mol. The van der Waals surface area contributed by atoms with E-state index in [2.05, 4.69) is 17.1 Å². The predicted octanol–water partition coefficient (Wildman–Crippen LogP) is 3.20. The first kappa shape index (κ1) is 18.2. The first-order valence-electron chi connectivity index (χ1n) is 8.65. The number of carbonyl (C=O) groups is 1. The van der Waals surface area contributed by atoms with Gasteiger partial charge in [-0.05, 0) is 49.2 Å². The molecule has 1 atom stereocenters. The van der Waals surface area contributed by atoms with E-state index in [1.165, 1.54) is 0 Å². The smallest absolute Gasteiger partial charge is 0.311 e. The monoisotopic (exact) mass is 358 g/mol. The second-order valence-electron chi connectivity index (χ2n) is 6.17. The largest absolute Gasteiger partial charge is 0.466 e. The van der Waals surface area contributed by atoms with E-state index in [-0.39, 0.29) is 5.97 Å². The molecule has 0 aliphatic carbocycles. The summed E-state index contributed by atoms with van der Waals surface area (Å²) in [5.74, 6) is -0.679. The van der Waals surface area contributed by atoms with Gasteiger partial charge in [0.25, 0.3) is 0 Å². The van der Waals surface area contributed by atoms with Crippen LogP contribution in [0.15, 0.2) is 48.8 Å². The summed E-state index contributed by atoms with van der Waals surface area (Å²) in [7, 11) is 0. The molecule has 0 aliphatic rings. The predicted molar refractivity (Wildman–Crippen MR) is 99.4 cm³/mol. The Morgan fingerprint density at radius 1 is 1.15 bits per heavy atom. The number of hydrogen-bond acceptors (Lipinski definition) is 5. The number of hydrogen-bond donors (Lipinski definition) is 0. The van der Waals surface area contributed by atoms with Gasteiger partial charge < -0.3 is 9.30 Å². The van der Waals surface area contributed by atoms with Crippen LogP contribution in [0.4, 0.5) is 0 Å². The highest BCUT2D eigenvalue weighted by Crippen LogP contribution is 2.19. The van der Waals surface area contributed by atoms with E-state index >= 15 is 0 Å². The van der Waals surface area contributed by atoms with Crippen molar-refractivity contribution in [2.45, 2.75) is 19.9 Å². The molecule has 0 spiro atoms. The minimum absolute atomic E-state index is 0.278. The van der Waals surface area contributed by atoms with Gasteiger partial charge in [0.1, 0.15) is 0 Å². The van der Waals surface area contributed by atoms with Gasteiger partial charge in [0.2, 0.25) is 0 Å². The molecular weight excluding hydrogens is 340 g/mol. The van der Waals surface area contributed by atoms with Crippen molar-refractivity contribution in [3.05, 3.63) is 65.5 Å². The number of benzene rings is 2. The van der Waals surface area contributed by atoms with Crippen molar-refractivity contribution in [1.82, 2.24) is 9.55 Å². The summed E-state index contributed by atoms with van der Waals surface area (Å²) < 4.78 is 7.13. The van der Waals surface area contributed by atoms with E-state index in [1.54, 1.807) is 43.6 Å². The highest BCUT2D eigenvalue weighted by atomic mass is 16.5. The van der Waals surface area contributed by atoms with Crippen LogP contribution in [0.3, 0.4) is 0 Å². The number of imidazole rings is 1. The summed E-state index contributed by atoms with van der Waals surface area (Å²) in [5, 5.41) is 18.1. The van der Waals surface area contributed by atoms with Gasteiger partial charge in [0.15, 0.2) is 0 Å². The quantitative estimate of drug-likeness (QED) is 0.631. The van der Waals surface area contributed by atoms with E-state index in [0.29, 0.717) is 30.7 Å². The highest BCUT2D eigenvalue weighted by molar-refractivity contribution is 5.78. The maximum absolute atomic E-state index is 12.5. The third-order valence-electron chi connectivity index (χ3n) is 4.35. The van der Waals surface area contributed by atoms with Crippen LogP contribution in [-0.2, 0) is 22.5 Å². The summed E-state index contributed by atoms with van der Waals surface area (Å²) in [5.41, 5.74) is 3.66. The van der Waals surface area contributed by atoms with Crippen LogP contribution in [-0.4, -0.2) is 22.1 Å². The highest BCUT2D eigenvalue weighted by Gasteiger charge is 2.22. The van der Waals surface area contributed by atoms with Crippen LogP contribution in [0.2, 0.25) is 0 Å². The first-order chi connectivity index (χ1) is 13.1. The van der Waals surface area contributed by atoms with Crippen LogP contribution >= 0.6 is 0 Å². The molecule has 0 bridgehead atoms. The van der Waals surface area contributed by atoms with Crippen LogP contribution in [0, 0.1) is 28.6 Å². The Kier molecular flexibility index (Phi) is 5.49. The van der Waals surface area contributed by atoms with Crippen molar-refractivity contribution < 1.29 is 9.53 Å². The molecule has 0 amide bonds. The van der Waals surface area contributed by atoms with E-state index < -0.39 is 5.92 Å². The molecular formula is C21H18N4O2. The Labute approximate surface area is 157 Å². The average Bonchev–Trinajstić information content (AvgIpc) is 3.10. The van der Waals surface area contributed by atoms with Crippen molar-refractivity contribution >= 4 is 17.0 Å². The third-order valence-corrected chi connectivity index (χ3v) is 4.35. The Morgan fingerprint density at radius 2 is 1.85 bits per heavy atom. The molecule has 1 aromatic heterocycles. The number of ether oxygens (including phenoxy) is 1. The minimum atomic E-state index is -0.402. The van der Waals surface area contributed by atoms with Crippen molar-refractivity contribution in [1.29, 1.82) is 10.5 Å². The van der Waals surface area contributed by atoms with E-state index in [9.17, 15) is 4.79 Å². The summed E-state index contributed by atoms with van der Waals surface area (Å²) >= 11 is 0. The molecule has 0 aliphatic heterocycles. The maximum atomic E-state index is 12.5. The molecule has 2 aromatic carbocycles. The molecule has 0 N–H and O–H groups in total. The Balaban J connectivity index is 1.88. The lowest BCUT2D eigenvalue weighted by atomic mass is 9.98. The van der Waals surface area contributed by atoms with E-state index in [0.717, 1.165) is 16.6 Å². The van der Waals surface area contributed by atoms with Gasteiger partial charge in [-0.25, -0.2) is 4.98 Å². The van der Waals surface area contributed by atoms with Crippen LogP contribution < -0.4 is 0 Å². The molecule has 0 saturated carbocycles. The van der Waals surface area contributed by atoms with Crippen LogP contribution in [0.5, 0.6) is 0 Å². The Morgan fingerprint density at radius 3 is 2.52 bits per heavy atom. The van der Waals surface area contributed by atoms with Gasteiger partial charge in [-0.15, -0.1) is 0 Å².